The van der Waals surface area contributed by atoms with Crippen molar-refractivity contribution in [1.29, 1.82) is 0 Å². The van der Waals surface area contributed by atoms with Crippen LogP contribution >= 0.6 is 11.6 Å². The summed E-state index contributed by atoms with van der Waals surface area (Å²) >= 11 is 5.97. The molecular formula is C21H24ClN7O3. The van der Waals surface area contributed by atoms with Crippen molar-refractivity contribution in [3.8, 4) is 17.2 Å². The Hall–Kier alpha value is -3.37. The first-order chi connectivity index (χ1) is 15.6. The van der Waals surface area contributed by atoms with Crippen LogP contribution in [0, 0.1) is 0 Å². The van der Waals surface area contributed by atoms with Gasteiger partial charge in [0.15, 0.2) is 5.82 Å². The summed E-state index contributed by atoms with van der Waals surface area (Å²) in [6.45, 7) is 3.12. The van der Waals surface area contributed by atoms with E-state index in [-0.39, 0.29) is 6.03 Å². The zero-order chi connectivity index (χ0) is 22.5. The molecule has 0 unspecified atom stereocenters. The highest BCUT2D eigenvalue weighted by molar-refractivity contribution is 6.30. The molecular weight excluding hydrogens is 434 g/mol. The Bertz CT molecular complexity index is 1040. The van der Waals surface area contributed by atoms with E-state index in [9.17, 15) is 4.79 Å². The van der Waals surface area contributed by atoms with Gasteiger partial charge >= 0.3 is 6.03 Å². The molecule has 0 aliphatic carbocycles. The summed E-state index contributed by atoms with van der Waals surface area (Å²) in [5.41, 5.74) is 1.37. The third kappa shape index (κ3) is 4.76. The van der Waals surface area contributed by atoms with Crippen LogP contribution in [0.2, 0.25) is 5.02 Å². The number of tetrazole rings is 1. The van der Waals surface area contributed by atoms with Gasteiger partial charge < -0.3 is 19.7 Å². The molecule has 11 heteroatoms. The molecule has 1 aliphatic rings. The topological polar surface area (TPSA) is 97.6 Å². The summed E-state index contributed by atoms with van der Waals surface area (Å²) < 4.78 is 12.4. The molecule has 1 aromatic heterocycles. The number of hydrogen-bond acceptors (Lipinski definition) is 7. The van der Waals surface area contributed by atoms with Gasteiger partial charge in [-0.15, -0.1) is 5.10 Å². The van der Waals surface area contributed by atoms with Gasteiger partial charge in [0.2, 0.25) is 0 Å². The molecule has 1 aliphatic heterocycles. The Labute approximate surface area is 190 Å². The highest BCUT2D eigenvalue weighted by atomic mass is 35.5. The van der Waals surface area contributed by atoms with E-state index in [1.807, 2.05) is 18.2 Å². The maximum absolute atomic E-state index is 12.8. The number of amides is 2. The van der Waals surface area contributed by atoms with Crippen molar-refractivity contribution in [2.45, 2.75) is 6.54 Å². The first-order valence-electron chi connectivity index (χ1n) is 10.1. The van der Waals surface area contributed by atoms with Crippen LogP contribution in [0.25, 0.3) is 5.69 Å². The number of hydrogen-bond donors (Lipinski definition) is 1. The number of carbonyl (C=O) groups is 1. The fraction of sp³-hybridized carbons (Fsp3) is 0.333. The van der Waals surface area contributed by atoms with E-state index in [0.717, 1.165) is 11.5 Å². The summed E-state index contributed by atoms with van der Waals surface area (Å²) in [5, 5.41) is 15.6. The number of para-hydroxylation sites is 1. The van der Waals surface area contributed by atoms with Gasteiger partial charge in [-0.25, -0.2) is 4.79 Å². The summed E-state index contributed by atoms with van der Waals surface area (Å²) in [6.07, 6.45) is 0. The summed E-state index contributed by atoms with van der Waals surface area (Å²) in [7, 11) is 3.11. The van der Waals surface area contributed by atoms with Crippen LogP contribution in [0.15, 0.2) is 42.5 Å². The number of rotatable bonds is 6. The normalized spacial score (nSPS) is 14.3. The zero-order valence-electron chi connectivity index (χ0n) is 17.9. The molecule has 168 valence electrons. The molecule has 3 aromatic rings. The lowest BCUT2D eigenvalue weighted by atomic mass is 10.2. The minimum atomic E-state index is -0.196. The third-order valence-electron chi connectivity index (χ3n) is 5.29. The maximum Gasteiger partial charge on any atom is 0.322 e. The van der Waals surface area contributed by atoms with Gasteiger partial charge in [0.05, 0.1) is 26.5 Å². The van der Waals surface area contributed by atoms with E-state index in [4.69, 9.17) is 21.1 Å². The first kappa shape index (κ1) is 21.8. The van der Waals surface area contributed by atoms with E-state index < -0.39 is 0 Å². The van der Waals surface area contributed by atoms with Crippen LogP contribution < -0.4 is 14.8 Å². The second-order valence-corrected chi connectivity index (χ2v) is 7.65. The standard InChI is InChI=1S/C21H24ClN7O3/c1-31-17-4-3-5-18(32-2)20(17)23-21(30)28-12-10-27(11-13-28)14-19-24-25-26-29(19)16-8-6-15(22)7-9-16/h3-9H,10-14H2,1-2H3,(H,23,30). The fourth-order valence-electron chi connectivity index (χ4n) is 3.56. The Balaban J connectivity index is 1.36. The Kier molecular flexibility index (Phi) is 6.72. The van der Waals surface area contributed by atoms with E-state index in [1.54, 1.807) is 48.1 Å². The van der Waals surface area contributed by atoms with Gasteiger partial charge in [0.25, 0.3) is 0 Å². The molecule has 0 bridgehead atoms. The number of nitrogens with one attached hydrogen (secondary N) is 1. The van der Waals surface area contributed by atoms with Gasteiger partial charge in [-0.05, 0) is 46.8 Å². The minimum absolute atomic E-state index is 0.196. The van der Waals surface area contributed by atoms with Crippen LogP contribution in [0.4, 0.5) is 10.5 Å². The number of nitrogens with zero attached hydrogens (tertiary/aromatic N) is 6. The number of carbonyl (C=O) groups excluding carboxylic acids is 1. The Morgan fingerprint density at radius 1 is 1.03 bits per heavy atom. The minimum Gasteiger partial charge on any atom is -0.494 e. The number of anilines is 1. The van der Waals surface area contributed by atoms with Crippen molar-refractivity contribution >= 4 is 23.3 Å². The van der Waals surface area contributed by atoms with E-state index in [0.29, 0.717) is 54.9 Å². The number of piperazine rings is 1. The fourth-order valence-corrected chi connectivity index (χ4v) is 3.68. The monoisotopic (exact) mass is 457 g/mol. The van der Waals surface area contributed by atoms with Crippen LogP contribution in [0.1, 0.15) is 5.82 Å². The van der Waals surface area contributed by atoms with Gasteiger partial charge in [-0.1, -0.05) is 17.7 Å². The molecule has 2 amide bonds. The maximum atomic E-state index is 12.8. The Morgan fingerprint density at radius 3 is 2.31 bits per heavy atom. The molecule has 2 heterocycles. The highest BCUT2D eigenvalue weighted by Gasteiger charge is 2.24. The number of urea groups is 1. The summed E-state index contributed by atoms with van der Waals surface area (Å²) in [5.74, 6) is 1.82. The molecule has 1 saturated heterocycles. The van der Waals surface area contributed by atoms with Crippen LogP contribution in [0.5, 0.6) is 11.5 Å². The zero-order valence-corrected chi connectivity index (χ0v) is 18.6. The first-order valence-corrected chi connectivity index (χ1v) is 10.5. The molecule has 1 N–H and O–H groups in total. The number of methoxy groups -OCH3 is 2. The van der Waals surface area contributed by atoms with Gasteiger partial charge in [-0.3, -0.25) is 4.90 Å². The molecule has 4 rings (SSSR count). The molecule has 1 fully saturated rings. The van der Waals surface area contributed by atoms with Crippen LogP contribution in [0.3, 0.4) is 0 Å². The highest BCUT2D eigenvalue weighted by Crippen LogP contribution is 2.34. The number of aromatic nitrogens is 4. The second kappa shape index (κ2) is 9.84. The van der Waals surface area contributed by atoms with Crippen molar-refractivity contribution in [2.75, 3.05) is 45.7 Å². The average Bonchev–Trinajstić information content (AvgIpc) is 3.28. The lowest BCUT2D eigenvalue weighted by Crippen LogP contribution is -2.49. The Morgan fingerprint density at radius 2 is 1.69 bits per heavy atom. The summed E-state index contributed by atoms with van der Waals surface area (Å²) in [4.78, 5) is 16.8. The molecule has 0 atom stereocenters. The summed E-state index contributed by atoms with van der Waals surface area (Å²) in [6, 6.07) is 12.5. The molecule has 10 nitrogen and oxygen atoms in total. The van der Waals surface area contributed by atoms with E-state index >= 15 is 0 Å². The largest absolute Gasteiger partial charge is 0.494 e. The van der Waals surface area contributed by atoms with Crippen LogP contribution in [-0.2, 0) is 6.54 Å². The predicted octanol–water partition coefficient (Wildman–Crippen LogP) is 2.68. The molecule has 0 saturated carbocycles. The lowest BCUT2D eigenvalue weighted by molar-refractivity contribution is 0.140. The van der Waals surface area contributed by atoms with Gasteiger partial charge in [0.1, 0.15) is 17.2 Å². The van der Waals surface area contributed by atoms with Crippen LogP contribution in [-0.4, -0.2) is 76.4 Å². The third-order valence-corrected chi connectivity index (χ3v) is 5.54. The molecule has 0 spiro atoms. The van der Waals surface area contributed by atoms with Gasteiger partial charge in [-0.2, -0.15) is 4.68 Å². The van der Waals surface area contributed by atoms with E-state index in [2.05, 4.69) is 25.7 Å². The lowest BCUT2D eigenvalue weighted by Gasteiger charge is -2.34. The van der Waals surface area contributed by atoms with Crippen molar-refractivity contribution in [3.63, 3.8) is 0 Å². The molecule has 2 aromatic carbocycles. The SMILES string of the molecule is COc1cccc(OC)c1NC(=O)N1CCN(Cc2nnnn2-c2ccc(Cl)cc2)CC1. The van der Waals surface area contributed by atoms with E-state index in [1.165, 1.54) is 0 Å². The molecule has 32 heavy (non-hydrogen) atoms. The number of ether oxygens (including phenoxy) is 2. The molecule has 0 radical (unpaired) electrons. The smallest absolute Gasteiger partial charge is 0.322 e. The van der Waals surface area contributed by atoms with Crippen molar-refractivity contribution in [1.82, 2.24) is 30.0 Å². The van der Waals surface area contributed by atoms with Crippen molar-refractivity contribution in [3.05, 3.63) is 53.3 Å². The van der Waals surface area contributed by atoms with Crippen molar-refractivity contribution in [2.24, 2.45) is 0 Å². The second-order valence-electron chi connectivity index (χ2n) is 7.21. The number of halogens is 1. The quantitative estimate of drug-likeness (QED) is 0.607. The van der Waals surface area contributed by atoms with Crippen molar-refractivity contribution < 1.29 is 14.3 Å². The number of benzene rings is 2. The van der Waals surface area contributed by atoms with Gasteiger partial charge in [0, 0.05) is 31.2 Å². The average molecular weight is 458 g/mol. The predicted molar refractivity (Wildman–Crippen MR) is 120 cm³/mol.